The minimum Gasteiger partial charge on any atom is -0.484 e. The van der Waals surface area contributed by atoms with Gasteiger partial charge >= 0.3 is 0 Å². The maximum atomic E-state index is 12.2. The number of hydrogen-bond acceptors (Lipinski definition) is 5. The third-order valence-corrected chi connectivity index (χ3v) is 5.12. The monoisotopic (exact) mass is 366 g/mol. The number of benzene rings is 1. The lowest BCUT2D eigenvalue weighted by atomic mass is 10.3. The molecular weight excluding hydrogens is 344 g/mol. The maximum Gasteiger partial charge on any atom is 0.258 e. The highest BCUT2D eigenvalue weighted by Crippen LogP contribution is 2.16. The van der Waals surface area contributed by atoms with Crippen molar-refractivity contribution in [3.8, 4) is 5.75 Å². The van der Waals surface area contributed by atoms with E-state index in [2.05, 4.69) is 10.0 Å². The highest BCUT2D eigenvalue weighted by molar-refractivity contribution is 7.89. The third kappa shape index (κ3) is 5.91. The molecule has 0 bridgehead atoms. The van der Waals surface area contributed by atoms with Crippen molar-refractivity contribution in [1.29, 1.82) is 0 Å². The summed E-state index contributed by atoms with van der Waals surface area (Å²) in [6.07, 6.45) is 2.23. The van der Waals surface area contributed by atoms with Gasteiger partial charge in [-0.2, -0.15) is 0 Å². The summed E-state index contributed by atoms with van der Waals surface area (Å²) in [6.45, 7) is 3.82. The topological polar surface area (TPSA) is 97.6 Å². The van der Waals surface area contributed by atoms with Gasteiger partial charge in [-0.1, -0.05) is 6.92 Å². The first-order valence-corrected chi connectivity index (χ1v) is 9.43. The predicted molar refractivity (Wildman–Crippen MR) is 92.6 cm³/mol. The molecule has 0 radical (unpaired) electrons. The zero-order chi connectivity index (χ0) is 18.3. The molecule has 0 aliphatic heterocycles. The molecule has 1 heterocycles. The quantitative estimate of drug-likeness (QED) is 0.708. The first kappa shape index (κ1) is 19.0. The Bertz CT molecular complexity index is 770. The van der Waals surface area contributed by atoms with Gasteiger partial charge < -0.3 is 14.5 Å². The van der Waals surface area contributed by atoms with Crippen LogP contribution in [0, 0.1) is 0 Å². The van der Waals surface area contributed by atoms with Crippen molar-refractivity contribution < 1.29 is 22.4 Å². The Morgan fingerprint density at radius 1 is 1.24 bits per heavy atom. The third-order valence-electron chi connectivity index (χ3n) is 3.51. The maximum absolute atomic E-state index is 12.2. The average molecular weight is 366 g/mol. The molecule has 2 N–H and O–H groups in total. The molecule has 1 amide bonds. The molecule has 1 aromatic carbocycles. The first-order valence-electron chi connectivity index (χ1n) is 7.95. The Kier molecular flexibility index (Phi) is 6.60. The molecule has 1 atom stereocenters. The number of sulfonamides is 1. The molecule has 25 heavy (non-hydrogen) atoms. The van der Waals surface area contributed by atoms with Crippen molar-refractivity contribution >= 4 is 15.9 Å². The molecule has 0 aliphatic rings. The number of rotatable bonds is 9. The van der Waals surface area contributed by atoms with Gasteiger partial charge in [0.25, 0.3) is 5.91 Å². The van der Waals surface area contributed by atoms with Crippen molar-refractivity contribution in [1.82, 2.24) is 10.0 Å². The van der Waals surface area contributed by atoms with Crippen LogP contribution in [0.25, 0.3) is 0 Å². The number of furan rings is 1. The lowest BCUT2D eigenvalue weighted by Crippen LogP contribution is -2.32. The van der Waals surface area contributed by atoms with Crippen LogP contribution >= 0.6 is 0 Å². The van der Waals surface area contributed by atoms with Crippen LogP contribution in [0.2, 0.25) is 0 Å². The zero-order valence-corrected chi connectivity index (χ0v) is 15.0. The van der Waals surface area contributed by atoms with Crippen molar-refractivity contribution in [2.24, 2.45) is 0 Å². The average Bonchev–Trinajstić information content (AvgIpc) is 3.11. The number of ether oxygens (including phenoxy) is 1. The van der Waals surface area contributed by atoms with E-state index in [0.717, 1.165) is 0 Å². The Balaban J connectivity index is 1.84. The Labute approximate surface area is 147 Å². The van der Waals surface area contributed by atoms with Crippen LogP contribution in [0.5, 0.6) is 5.75 Å². The van der Waals surface area contributed by atoms with Gasteiger partial charge in [0.05, 0.1) is 17.7 Å². The van der Waals surface area contributed by atoms with E-state index in [1.165, 1.54) is 30.5 Å². The van der Waals surface area contributed by atoms with Gasteiger partial charge in [-0.25, -0.2) is 13.1 Å². The smallest absolute Gasteiger partial charge is 0.258 e. The number of amides is 1. The molecule has 7 nitrogen and oxygen atoms in total. The zero-order valence-electron chi connectivity index (χ0n) is 14.2. The summed E-state index contributed by atoms with van der Waals surface area (Å²) in [5.41, 5.74) is 0. The molecule has 2 aromatic rings. The Morgan fingerprint density at radius 2 is 1.96 bits per heavy atom. The van der Waals surface area contributed by atoms with Crippen molar-refractivity contribution in [2.75, 3.05) is 6.61 Å². The van der Waals surface area contributed by atoms with Gasteiger partial charge in [0.2, 0.25) is 10.0 Å². The highest BCUT2D eigenvalue weighted by Gasteiger charge is 2.16. The van der Waals surface area contributed by atoms with Gasteiger partial charge in [-0.3, -0.25) is 4.79 Å². The number of carbonyl (C=O) groups excluding carboxylic acids is 1. The summed E-state index contributed by atoms with van der Waals surface area (Å²) in [6, 6.07) is 9.29. The highest BCUT2D eigenvalue weighted by atomic mass is 32.2. The second-order valence-electron chi connectivity index (χ2n) is 5.55. The summed E-state index contributed by atoms with van der Waals surface area (Å²) in [5.74, 6) is 0.763. The second-order valence-corrected chi connectivity index (χ2v) is 7.26. The molecule has 136 valence electrons. The van der Waals surface area contributed by atoms with Crippen LogP contribution in [-0.4, -0.2) is 27.0 Å². The van der Waals surface area contributed by atoms with Crippen molar-refractivity contribution in [2.45, 2.75) is 37.8 Å². The van der Waals surface area contributed by atoms with Gasteiger partial charge in [0.15, 0.2) is 6.61 Å². The molecule has 0 aliphatic carbocycles. The lowest BCUT2D eigenvalue weighted by Gasteiger charge is -2.12. The molecule has 0 spiro atoms. The molecule has 2 rings (SSSR count). The summed E-state index contributed by atoms with van der Waals surface area (Å²) in [5, 5.41) is 2.66. The van der Waals surface area contributed by atoms with Crippen LogP contribution in [0.4, 0.5) is 0 Å². The summed E-state index contributed by atoms with van der Waals surface area (Å²) < 4.78 is 37.3. The van der Waals surface area contributed by atoms with Crippen LogP contribution < -0.4 is 14.8 Å². The van der Waals surface area contributed by atoms with E-state index < -0.39 is 10.0 Å². The van der Waals surface area contributed by atoms with Crippen LogP contribution in [-0.2, 0) is 21.4 Å². The SMILES string of the molecule is CC[C@H](C)NS(=O)(=O)c1ccc(OCC(=O)NCc2ccco2)cc1. The van der Waals surface area contributed by atoms with E-state index in [1.807, 2.05) is 6.92 Å². The summed E-state index contributed by atoms with van der Waals surface area (Å²) in [7, 11) is -3.55. The van der Waals surface area contributed by atoms with Gasteiger partial charge in [0.1, 0.15) is 11.5 Å². The molecule has 0 unspecified atom stereocenters. The minimum atomic E-state index is -3.55. The van der Waals surface area contributed by atoms with E-state index in [9.17, 15) is 13.2 Å². The number of hydrogen-bond donors (Lipinski definition) is 2. The molecule has 8 heteroatoms. The normalized spacial score (nSPS) is 12.6. The molecular formula is C17H22N2O5S. The molecule has 0 saturated heterocycles. The summed E-state index contributed by atoms with van der Waals surface area (Å²) in [4.78, 5) is 11.9. The number of carbonyl (C=O) groups is 1. The fraction of sp³-hybridized carbons (Fsp3) is 0.353. The predicted octanol–water partition coefficient (Wildman–Crippen LogP) is 2.05. The first-order chi connectivity index (χ1) is 11.9. The number of nitrogens with one attached hydrogen (secondary N) is 2. The fourth-order valence-corrected chi connectivity index (χ4v) is 3.26. The van der Waals surface area contributed by atoms with Gasteiger partial charge in [0, 0.05) is 6.04 Å². The van der Waals surface area contributed by atoms with Crippen molar-refractivity contribution in [3.63, 3.8) is 0 Å². The van der Waals surface area contributed by atoms with Crippen molar-refractivity contribution in [3.05, 3.63) is 48.4 Å². The Morgan fingerprint density at radius 3 is 2.56 bits per heavy atom. The molecule has 1 aromatic heterocycles. The van der Waals surface area contributed by atoms with E-state index >= 15 is 0 Å². The molecule has 0 saturated carbocycles. The van der Waals surface area contributed by atoms with E-state index in [1.54, 1.807) is 19.1 Å². The van der Waals surface area contributed by atoms with Gasteiger partial charge in [-0.15, -0.1) is 0 Å². The van der Waals surface area contributed by atoms with E-state index in [-0.39, 0.29) is 30.0 Å². The second kappa shape index (κ2) is 8.68. The Hall–Kier alpha value is -2.32. The minimum absolute atomic E-state index is 0.140. The summed E-state index contributed by atoms with van der Waals surface area (Å²) >= 11 is 0. The van der Waals surface area contributed by atoms with E-state index in [0.29, 0.717) is 17.9 Å². The van der Waals surface area contributed by atoms with Crippen LogP contribution in [0.15, 0.2) is 52.0 Å². The largest absolute Gasteiger partial charge is 0.484 e. The van der Waals surface area contributed by atoms with Gasteiger partial charge in [-0.05, 0) is 49.7 Å². The molecule has 0 fully saturated rings. The van der Waals surface area contributed by atoms with Crippen LogP contribution in [0.1, 0.15) is 26.0 Å². The fourth-order valence-electron chi connectivity index (χ4n) is 1.93. The lowest BCUT2D eigenvalue weighted by molar-refractivity contribution is -0.123. The van der Waals surface area contributed by atoms with E-state index in [4.69, 9.17) is 9.15 Å². The standard InChI is InChI=1S/C17H22N2O5S/c1-3-13(2)19-25(21,22)16-8-6-14(7-9-16)24-12-17(20)18-11-15-5-4-10-23-15/h4-10,13,19H,3,11-12H2,1-2H3,(H,18,20)/t13-/m0/s1. The van der Waals surface area contributed by atoms with Crippen LogP contribution in [0.3, 0.4) is 0 Å².